The van der Waals surface area contributed by atoms with Crippen molar-refractivity contribution in [3.05, 3.63) is 23.8 Å². The Bertz CT molecular complexity index is 527. The van der Waals surface area contributed by atoms with Crippen molar-refractivity contribution < 1.29 is 19.0 Å². The maximum Gasteiger partial charge on any atom is 0.299 e. The minimum absolute atomic E-state index is 0.146. The summed E-state index contributed by atoms with van der Waals surface area (Å²) in [5.41, 5.74) is 4.69. The van der Waals surface area contributed by atoms with E-state index in [1.807, 2.05) is 0 Å². The van der Waals surface area contributed by atoms with Crippen LogP contribution in [0.3, 0.4) is 0 Å². The molecular weight excluding hydrogens is 236 g/mol. The Morgan fingerprint density at radius 3 is 2.56 bits per heavy atom. The number of hydrogen-bond donors (Lipinski definition) is 1. The molecule has 96 valence electrons. The van der Waals surface area contributed by atoms with E-state index in [4.69, 9.17) is 19.9 Å². The molecule has 6 nitrogen and oxygen atoms in total. The first-order valence-corrected chi connectivity index (χ1v) is 5.31. The molecule has 0 radical (unpaired) electrons. The van der Waals surface area contributed by atoms with Gasteiger partial charge in [0.1, 0.15) is 11.5 Å². The number of methoxy groups -OCH3 is 2. The van der Waals surface area contributed by atoms with Crippen LogP contribution in [0, 0.1) is 0 Å². The molecule has 6 heteroatoms. The standard InChI is InChI=1S/C12H14N2O4/c1-12(10(15)14-11(13)18-12)8-6-7(16-2)4-5-9(8)17-3/h4-6H,1-3H3,(H2,13,14,15). The Labute approximate surface area is 104 Å². The van der Waals surface area contributed by atoms with Gasteiger partial charge in [-0.15, -0.1) is 0 Å². The van der Waals surface area contributed by atoms with Crippen LogP contribution in [0.5, 0.6) is 11.5 Å². The lowest BCUT2D eigenvalue weighted by Gasteiger charge is -2.23. The van der Waals surface area contributed by atoms with Gasteiger partial charge in [-0.1, -0.05) is 0 Å². The lowest BCUT2D eigenvalue weighted by molar-refractivity contribution is -0.130. The maximum atomic E-state index is 11.9. The molecule has 1 amide bonds. The summed E-state index contributed by atoms with van der Waals surface area (Å²) in [6.45, 7) is 1.59. The van der Waals surface area contributed by atoms with Gasteiger partial charge in [0, 0.05) is 0 Å². The molecule has 1 unspecified atom stereocenters. The third kappa shape index (κ3) is 1.75. The van der Waals surface area contributed by atoms with Crippen molar-refractivity contribution in [2.45, 2.75) is 12.5 Å². The van der Waals surface area contributed by atoms with Crippen LogP contribution < -0.4 is 15.2 Å². The van der Waals surface area contributed by atoms with Crippen molar-refractivity contribution >= 4 is 11.9 Å². The Morgan fingerprint density at radius 1 is 1.33 bits per heavy atom. The number of amides is 1. The highest BCUT2D eigenvalue weighted by molar-refractivity contribution is 6.01. The predicted octanol–water partition coefficient (Wildman–Crippen LogP) is 0.790. The lowest BCUT2D eigenvalue weighted by atomic mass is 9.94. The number of aliphatic imine (C=N–C) groups is 1. The van der Waals surface area contributed by atoms with Crippen LogP contribution in [0.1, 0.15) is 12.5 Å². The molecule has 0 aliphatic carbocycles. The molecule has 0 saturated heterocycles. The van der Waals surface area contributed by atoms with Gasteiger partial charge >= 0.3 is 0 Å². The van der Waals surface area contributed by atoms with E-state index in [0.717, 1.165) is 0 Å². The number of nitrogens with zero attached hydrogens (tertiary/aromatic N) is 1. The molecule has 1 aliphatic heterocycles. The second kappa shape index (κ2) is 4.21. The zero-order chi connectivity index (χ0) is 13.3. The molecule has 0 aromatic heterocycles. The van der Waals surface area contributed by atoms with Gasteiger partial charge in [-0.3, -0.25) is 4.79 Å². The van der Waals surface area contributed by atoms with Crippen molar-refractivity contribution in [2.75, 3.05) is 14.2 Å². The number of hydrogen-bond acceptors (Lipinski definition) is 5. The first-order valence-electron chi connectivity index (χ1n) is 5.31. The Balaban J connectivity index is 2.53. The van der Waals surface area contributed by atoms with Gasteiger partial charge in [0.15, 0.2) is 0 Å². The highest BCUT2D eigenvalue weighted by Gasteiger charge is 2.45. The smallest absolute Gasteiger partial charge is 0.299 e. The summed E-state index contributed by atoms with van der Waals surface area (Å²) < 4.78 is 15.7. The summed E-state index contributed by atoms with van der Waals surface area (Å²) >= 11 is 0. The van der Waals surface area contributed by atoms with E-state index in [1.54, 1.807) is 25.1 Å². The molecule has 1 aromatic rings. The summed E-state index contributed by atoms with van der Waals surface area (Å²) in [6.07, 6.45) is 0. The molecule has 1 atom stereocenters. The van der Waals surface area contributed by atoms with E-state index in [-0.39, 0.29) is 6.02 Å². The van der Waals surface area contributed by atoms with Gasteiger partial charge in [0.2, 0.25) is 5.60 Å². The fraction of sp³-hybridized carbons (Fsp3) is 0.333. The van der Waals surface area contributed by atoms with Crippen LogP contribution in [-0.2, 0) is 15.1 Å². The average Bonchev–Trinajstić information content (AvgIpc) is 2.63. The first kappa shape index (κ1) is 12.2. The molecule has 0 saturated carbocycles. The third-order valence-corrected chi connectivity index (χ3v) is 2.85. The summed E-state index contributed by atoms with van der Waals surface area (Å²) in [5.74, 6) is 0.636. The molecule has 0 bridgehead atoms. The number of benzene rings is 1. The Morgan fingerprint density at radius 2 is 2.06 bits per heavy atom. The Hall–Kier alpha value is -2.24. The Kier molecular flexibility index (Phi) is 2.86. The van der Waals surface area contributed by atoms with Crippen LogP contribution in [0.25, 0.3) is 0 Å². The highest BCUT2D eigenvalue weighted by Crippen LogP contribution is 2.38. The second-order valence-electron chi connectivity index (χ2n) is 3.96. The lowest BCUT2D eigenvalue weighted by Crippen LogP contribution is -2.32. The van der Waals surface area contributed by atoms with E-state index in [0.29, 0.717) is 17.1 Å². The number of carbonyl (C=O) groups is 1. The van der Waals surface area contributed by atoms with Gasteiger partial charge < -0.3 is 19.9 Å². The number of rotatable bonds is 3. The van der Waals surface area contributed by atoms with Crippen molar-refractivity contribution in [2.24, 2.45) is 10.7 Å². The van der Waals surface area contributed by atoms with E-state index < -0.39 is 11.5 Å². The molecule has 1 aliphatic rings. The second-order valence-corrected chi connectivity index (χ2v) is 3.96. The zero-order valence-corrected chi connectivity index (χ0v) is 10.4. The zero-order valence-electron chi connectivity index (χ0n) is 10.4. The number of nitrogens with two attached hydrogens (primary N) is 1. The summed E-state index contributed by atoms with van der Waals surface area (Å²) in [4.78, 5) is 15.5. The number of ether oxygens (including phenoxy) is 3. The van der Waals surface area contributed by atoms with Crippen molar-refractivity contribution in [1.29, 1.82) is 0 Å². The highest BCUT2D eigenvalue weighted by atomic mass is 16.5. The van der Waals surface area contributed by atoms with E-state index in [2.05, 4.69) is 4.99 Å². The molecule has 2 N–H and O–H groups in total. The summed E-state index contributed by atoms with van der Waals surface area (Å²) in [5, 5.41) is 0. The predicted molar refractivity (Wildman–Crippen MR) is 64.6 cm³/mol. The average molecular weight is 250 g/mol. The van der Waals surface area contributed by atoms with Crippen LogP contribution in [0.15, 0.2) is 23.2 Å². The van der Waals surface area contributed by atoms with Crippen molar-refractivity contribution in [3.63, 3.8) is 0 Å². The van der Waals surface area contributed by atoms with Crippen molar-refractivity contribution in [3.8, 4) is 11.5 Å². The van der Waals surface area contributed by atoms with Crippen LogP contribution in [0.2, 0.25) is 0 Å². The third-order valence-electron chi connectivity index (χ3n) is 2.85. The van der Waals surface area contributed by atoms with Crippen LogP contribution in [-0.4, -0.2) is 26.1 Å². The van der Waals surface area contributed by atoms with E-state index in [9.17, 15) is 4.79 Å². The maximum absolute atomic E-state index is 11.9. The van der Waals surface area contributed by atoms with Gasteiger partial charge in [-0.25, -0.2) is 0 Å². The molecule has 1 aromatic carbocycles. The number of amidine groups is 1. The molecule has 18 heavy (non-hydrogen) atoms. The first-order chi connectivity index (χ1) is 8.51. The normalized spacial score (nSPS) is 22.4. The summed E-state index contributed by atoms with van der Waals surface area (Å²) in [6, 6.07) is 4.96. The van der Waals surface area contributed by atoms with Gasteiger partial charge in [0.25, 0.3) is 11.9 Å². The fourth-order valence-corrected chi connectivity index (χ4v) is 1.84. The van der Waals surface area contributed by atoms with Gasteiger partial charge in [0.05, 0.1) is 19.8 Å². The SMILES string of the molecule is COc1ccc(OC)c(C2(C)OC(N)=NC2=O)c1. The van der Waals surface area contributed by atoms with Gasteiger partial charge in [-0.05, 0) is 25.1 Å². The minimum atomic E-state index is -1.27. The molecule has 2 rings (SSSR count). The van der Waals surface area contributed by atoms with Gasteiger partial charge in [-0.2, -0.15) is 4.99 Å². The largest absolute Gasteiger partial charge is 0.497 e. The minimum Gasteiger partial charge on any atom is -0.497 e. The summed E-state index contributed by atoms with van der Waals surface area (Å²) in [7, 11) is 3.05. The molecule has 1 heterocycles. The molecule has 0 spiro atoms. The van der Waals surface area contributed by atoms with Crippen molar-refractivity contribution in [1.82, 2.24) is 0 Å². The van der Waals surface area contributed by atoms with E-state index >= 15 is 0 Å². The fourth-order valence-electron chi connectivity index (χ4n) is 1.84. The monoisotopic (exact) mass is 250 g/mol. The van der Waals surface area contributed by atoms with Crippen LogP contribution >= 0.6 is 0 Å². The van der Waals surface area contributed by atoms with E-state index in [1.165, 1.54) is 14.2 Å². The quantitative estimate of drug-likeness (QED) is 0.857. The topological polar surface area (TPSA) is 83.1 Å². The molecule has 0 fully saturated rings. The van der Waals surface area contributed by atoms with Crippen LogP contribution in [0.4, 0.5) is 0 Å². The number of carbonyl (C=O) groups excluding carboxylic acids is 1. The molecular formula is C12H14N2O4.